The summed E-state index contributed by atoms with van der Waals surface area (Å²) in [7, 11) is 0. The van der Waals surface area contributed by atoms with E-state index in [0.717, 1.165) is 16.7 Å². The highest BCUT2D eigenvalue weighted by Gasteiger charge is 2.24. The summed E-state index contributed by atoms with van der Waals surface area (Å²) in [6.45, 7) is 2.00. The van der Waals surface area contributed by atoms with Gasteiger partial charge in [-0.15, -0.1) is 0 Å². The van der Waals surface area contributed by atoms with E-state index < -0.39 is 24.0 Å². The van der Waals surface area contributed by atoms with Gasteiger partial charge in [0.2, 0.25) is 5.91 Å². The monoisotopic (exact) mass is 326 g/mol. The standard InChI is InChI=1S/C20H26N2O2/c1-14-7-5-6-10-16(14)12-17(20(22)24)13-19(23)18(21)11-15-8-3-2-4-9-15/h2-10,17-19,23H,11-13,21H2,1H3,(H2,22,24)/t17-,18+,19+/m1/s1. The molecule has 0 saturated carbocycles. The molecule has 2 aromatic rings. The first-order valence-corrected chi connectivity index (χ1v) is 8.28. The minimum Gasteiger partial charge on any atom is -0.391 e. The molecule has 0 fully saturated rings. The first kappa shape index (κ1) is 18.2. The van der Waals surface area contributed by atoms with Crippen molar-refractivity contribution in [3.05, 3.63) is 71.3 Å². The maximum Gasteiger partial charge on any atom is 0.220 e. The Balaban J connectivity index is 1.99. The number of carbonyl (C=O) groups is 1. The zero-order valence-electron chi connectivity index (χ0n) is 14.1. The molecule has 0 aliphatic heterocycles. The zero-order valence-corrected chi connectivity index (χ0v) is 14.1. The molecule has 1 amide bonds. The Bertz CT molecular complexity index is 658. The lowest BCUT2D eigenvalue weighted by molar-refractivity contribution is -0.122. The summed E-state index contributed by atoms with van der Waals surface area (Å²) in [6.07, 6.45) is 0.596. The van der Waals surface area contributed by atoms with Crippen molar-refractivity contribution in [2.24, 2.45) is 17.4 Å². The maximum atomic E-state index is 11.8. The second-order valence-corrected chi connectivity index (χ2v) is 6.39. The smallest absolute Gasteiger partial charge is 0.220 e. The van der Waals surface area contributed by atoms with Crippen molar-refractivity contribution in [2.75, 3.05) is 0 Å². The van der Waals surface area contributed by atoms with Crippen molar-refractivity contribution in [1.82, 2.24) is 0 Å². The quantitative estimate of drug-likeness (QED) is 0.693. The van der Waals surface area contributed by atoms with Gasteiger partial charge in [0.15, 0.2) is 0 Å². The lowest BCUT2D eigenvalue weighted by atomic mass is 9.88. The number of primary amides is 1. The van der Waals surface area contributed by atoms with E-state index in [0.29, 0.717) is 12.8 Å². The first-order chi connectivity index (χ1) is 11.5. The highest BCUT2D eigenvalue weighted by molar-refractivity contribution is 5.77. The second kappa shape index (κ2) is 8.62. The van der Waals surface area contributed by atoms with Crippen LogP contribution in [0, 0.1) is 12.8 Å². The summed E-state index contributed by atoms with van der Waals surface area (Å²) in [6, 6.07) is 17.3. The maximum absolute atomic E-state index is 11.8. The van der Waals surface area contributed by atoms with E-state index >= 15 is 0 Å². The van der Waals surface area contributed by atoms with Gasteiger partial charge in [-0.3, -0.25) is 4.79 Å². The van der Waals surface area contributed by atoms with Crippen LogP contribution in [0.3, 0.4) is 0 Å². The van der Waals surface area contributed by atoms with Crippen molar-refractivity contribution in [2.45, 2.75) is 38.3 Å². The third-order valence-corrected chi connectivity index (χ3v) is 4.46. The minimum atomic E-state index is -0.772. The molecule has 2 aromatic carbocycles. The van der Waals surface area contributed by atoms with E-state index in [4.69, 9.17) is 11.5 Å². The minimum absolute atomic E-state index is 0.275. The van der Waals surface area contributed by atoms with Crippen molar-refractivity contribution < 1.29 is 9.90 Å². The van der Waals surface area contributed by atoms with Crippen molar-refractivity contribution >= 4 is 5.91 Å². The molecule has 128 valence electrons. The van der Waals surface area contributed by atoms with Gasteiger partial charge in [0.1, 0.15) is 0 Å². The number of amides is 1. The summed E-state index contributed by atoms with van der Waals surface area (Å²) < 4.78 is 0. The molecule has 2 rings (SSSR count). The zero-order chi connectivity index (χ0) is 17.5. The number of aryl methyl sites for hydroxylation is 1. The summed E-state index contributed by atoms with van der Waals surface area (Å²) in [5, 5.41) is 10.4. The van der Waals surface area contributed by atoms with Crippen LogP contribution in [0.4, 0.5) is 0 Å². The average Bonchev–Trinajstić information content (AvgIpc) is 2.56. The number of aliphatic hydroxyl groups is 1. The largest absolute Gasteiger partial charge is 0.391 e. The Hall–Kier alpha value is -2.17. The van der Waals surface area contributed by atoms with Gasteiger partial charge in [-0.2, -0.15) is 0 Å². The van der Waals surface area contributed by atoms with Crippen LogP contribution < -0.4 is 11.5 Å². The van der Waals surface area contributed by atoms with Gasteiger partial charge in [0.25, 0.3) is 0 Å². The summed E-state index contributed by atoms with van der Waals surface area (Å²) in [5.74, 6) is -0.827. The molecule has 0 aliphatic carbocycles. The molecule has 4 heteroatoms. The van der Waals surface area contributed by atoms with Crippen molar-refractivity contribution in [3.8, 4) is 0 Å². The van der Waals surface area contributed by atoms with E-state index in [1.165, 1.54) is 0 Å². The van der Waals surface area contributed by atoms with E-state index in [1.807, 2.05) is 61.5 Å². The van der Waals surface area contributed by atoms with E-state index in [1.54, 1.807) is 0 Å². The molecule has 0 spiro atoms. The van der Waals surface area contributed by atoms with Crippen LogP contribution in [0.1, 0.15) is 23.1 Å². The molecular weight excluding hydrogens is 300 g/mol. The van der Waals surface area contributed by atoms with Crippen LogP contribution in [-0.4, -0.2) is 23.2 Å². The fourth-order valence-corrected chi connectivity index (χ4v) is 2.89. The molecule has 0 aromatic heterocycles. The molecule has 0 unspecified atom stereocenters. The van der Waals surface area contributed by atoms with Gasteiger partial charge in [-0.1, -0.05) is 54.6 Å². The van der Waals surface area contributed by atoms with Crippen LogP contribution in [0.15, 0.2) is 54.6 Å². The third kappa shape index (κ3) is 5.18. The predicted octanol–water partition coefficient (Wildman–Crippen LogP) is 1.96. The van der Waals surface area contributed by atoms with Gasteiger partial charge >= 0.3 is 0 Å². The molecule has 0 heterocycles. The molecule has 0 bridgehead atoms. The van der Waals surface area contributed by atoms with Crippen LogP contribution >= 0.6 is 0 Å². The number of nitrogens with two attached hydrogens (primary N) is 2. The lowest BCUT2D eigenvalue weighted by Gasteiger charge is -2.23. The first-order valence-electron chi connectivity index (χ1n) is 8.28. The highest BCUT2D eigenvalue weighted by atomic mass is 16.3. The molecule has 4 nitrogen and oxygen atoms in total. The van der Waals surface area contributed by atoms with Crippen LogP contribution in [0.2, 0.25) is 0 Å². The molecular formula is C20H26N2O2. The number of rotatable bonds is 8. The summed E-state index contributed by atoms with van der Waals surface area (Å²) in [4.78, 5) is 11.8. The molecule has 24 heavy (non-hydrogen) atoms. The van der Waals surface area contributed by atoms with Gasteiger partial charge in [0, 0.05) is 12.0 Å². The van der Waals surface area contributed by atoms with Gasteiger partial charge in [-0.25, -0.2) is 0 Å². The topological polar surface area (TPSA) is 89.3 Å². The molecule has 0 radical (unpaired) electrons. The van der Waals surface area contributed by atoms with Crippen LogP contribution in [-0.2, 0) is 17.6 Å². The van der Waals surface area contributed by atoms with Crippen LogP contribution in [0.5, 0.6) is 0 Å². The predicted molar refractivity (Wildman–Crippen MR) is 96.3 cm³/mol. The normalized spacial score (nSPS) is 14.8. The second-order valence-electron chi connectivity index (χ2n) is 6.39. The van der Waals surface area contributed by atoms with Crippen LogP contribution in [0.25, 0.3) is 0 Å². The fraction of sp³-hybridized carbons (Fsp3) is 0.350. The van der Waals surface area contributed by atoms with Gasteiger partial charge in [0.05, 0.1) is 6.10 Å². The van der Waals surface area contributed by atoms with Gasteiger partial charge in [-0.05, 0) is 42.9 Å². The van der Waals surface area contributed by atoms with Crippen molar-refractivity contribution in [1.29, 1.82) is 0 Å². The van der Waals surface area contributed by atoms with E-state index in [2.05, 4.69) is 0 Å². The molecule has 0 saturated heterocycles. The molecule has 0 aliphatic rings. The Kier molecular flexibility index (Phi) is 6.53. The molecule has 3 atom stereocenters. The Morgan fingerprint density at radius 3 is 2.29 bits per heavy atom. The van der Waals surface area contributed by atoms with E-state index in [9.17, 15) is 9.90 Å². The number of aliphatic hydroxyl groups excluding tert-OH is 1. The number of benzene rings is 2. The summed E-state index contributed by atoms with van der Waals surface area (Å²) in [5.41, 5.74) is 14.9. The number of hydrogen-bond acceptors (Lipinski definition) is 3. The Labute approximate surface area is 143 Å². The van der Waals surface area contributed by atoms with E-state index in [-0.39, 0.29) is 6.42 Å². The fourth-order valence-electron chi connectivity index (χ4n) is 2.89. The Morgan fingerprint density at radius 1 is 1.04 bits per heavy atom. The lowest BCUT2D eigenvalue weighted by Crippen LogP contribution is -2.40. The SMILES string of the molecule is Cc1ccccc1C[C@H](C[C@H](O)[C@@H](N)Cc1ccccc1)C(N)=O. The third-order valence-electron chi connectivity index (χ3n) is 4.46. The van der Waals surface area contributed by atoms with Gasteiger partial charge < -0.3 is 16.6 Å². The Morgan fingerprint density at radius 2 is 1.67 bits per heavy atom. The van der Waals surface area contributed by atoms with Crippen molar-refractivity contribution in [3.63, 3.8) is 0 Å². The number of carbonyl (C=O) groups excluding carboxylic acids is 1. The number of hydrogen-bond donors (Lipinski definition) is 3. The average molecular weight is 326 g/mol. The highest BCUT2D eigenvalue weighted by Crippen LogP contribution is 2.19. The summed E-state index contributed by atoms with van der Waals surface area (Å²) >= 11 is 0. The molecule has 5 N–H and O–H groups in total.